The van der Waals surface area contributed by atoms with Gasteiger partial charge in [0.2, 0.25) is 0 Å². The summed E-state index contributed by atoms with van der Waals surface area (Å²) in [6.45, 7) is 0. The summed E-state index contributed by atoms with van der Waals surface area (Å²) in [4.78, 5) is 27.4. The van der Waals surface area contributed by atoms with E-state index in [1.807, 2.05) is 0 Å². The van der Waals surface area contributed by atoms with Gasteiger partial charge < -0.3 is 0 Å². The molecule has 15 heavy (non-hydrogen) atoms. The Bertz CT molecular complexity index is 468. The first-order chi connectivity index (χ1) is 7.24. The van der Waals surface area contributed by atoms with Gasteiger partial charge in [-0.15, -0.1) is 10.2 Å². The summed E-state index contributed by atoms with van der Waals surface area (Å²) in [5.74, 6) is -1.07. The predicted molar refractivity (Wildman–Crippen MR) is 50.6 cm³/mol. The number of azo groups is 1. The van der Waals surface area contributed by atoms with Crippen LogP contribution >= 0.6 is 0 Å². The van der Waals surface area contributed by atoms with E-state index in [9.17, 15) is 9.59 Å². The molecule has 1 N–H and O–H groups in total. The largest absolute Gasteiger partial charge is 0.298 e. The molecule has 6 heteroatoms. The second kappa shape index (κ2) is 3.58. The molecule has 1 aromatic carbocycles. The number of amides is 2. The number of hydrogen-bond donors (Lipinski definition) is 1. The van der Waals surface area contributed by atoms with Gasteiger partial charge in [0.15, 0.2) is 0 Å². The quantitative estimate of drug-likeness (QED) is 0.740. The van der Waals surface area contributed by atoms with Gasteiger partial charge >= 0.3 is 0 Å². The summed E-state index contributed by atoms with van der Waals surface area (Å²) in [7, 11) is 1.41. The van der Waals surface area contributed by atoms with Gasteiger partial charge in [-0.3, -0.25) is 19.9 Å². The van der Waals surface area contributed by atoms with E-state index in [1.54, 1.807) is 12.1 Å². The van der Waals surface area contributed by atoms with Crippen molar-refractivity contribution < 1.29 is 14.4 Å². The molecule has 0 saturated heterocycles. The lowest BCUT2D eigenvalue weighted by Gasteiger charge is -2.12. The van der Waals surface area contributed by atoms with Gasteiger partial charge in [-0.25, -0.2) is 0 Å². The zero-order valence-corrected chi connectivity index (χ0v) is 7.85. The van der Waals surface area contributed by atoms with E-state index < -0.39 is 11.8 Å². The molecule has 1 aliphatic heterocycles. The van der Waals surface area contributed by atoms with Crippen molar-refractivity contribution in [2.24, 2.45) is 10.2 Å². The summed E-state index contributed by atoms with van der Waals surface area (Å²) in [6, 6.07) is 4.77. The minimum absolute atomic E-state index is 0.194. The summed E-state index contributed by atoms with van der Waals surface area (Å²) in [6.07, 6.45) is 0. The van der Waals surface area contributed by atoms with Crippen LogP contribution in [0.2, 0.25) is 0 Å². The number of anilines is 1. The highest BCUT2D eigenvalue weighted by Crippen LogP contribution is 2.24. The average molecular weight is 205 g/mol. The van der Waals surface area contributed by atoms with E-state index in [2.05, 4.69) is 15.7 Å². The summed E-state index contributed by atoms with van der Waals surface area (Å²) < 4.78 is 0. The number of hydrogen-bond acceptors (Lipinski definition) is 4. The molecule has 2 rings (SSSR count). The first-order valence-electron chi connectivity index (χ1n) is 4.16. The SMILES string of the molecule is CONc1cccc2c1C(=O)N=NC2=O. The Morgan fingerprint density at radius 1 is 1.20 bits per heavy atom. The van der Waals surface area contributed by atoms with Crippen molar-refractivity contribution in [3.63, 3.8) is 0 Å². The fraction of sp³-hybridized carbons (Fsp3) is 0.111. The van der Waals surface area contributed by atoms with Crippen molar-refractivity contribution in [1.29, 1.82) is 0 Å². The second-order valence-corrected chi connectivity index (χ2v) is 2.84. The summed E-state index contributed by atoms with van der Waals surface area (Å²) in [5, 5.41) is 6.46. The van der Waals surface area contributed by atoms with E-state index in [1.165, 1.54) is 13.2 Å². The zero-order chi connectivity index (χ0) is 10.8. The molecule has 0 spiro atoms. The van der Waals surface area contributed by atoms with Crippen LogP contribution in [0.1, 0.15) is 20.7 Å². The van der Waals surface area contributed by atoms with Crippen molar-refractivity contribution in [3.05, 3.63) is 29.3 Å². The summed E-state index contributed by atoms with van der Waals surface area (Å²) in [5.41, 5.74) is 3.35. The molecular formula is C9H7N3O3. The monoisotopic (exact) mass is 205 g/mol. The molecule has 0 unspecified atom stereocenters. The van der Waals surface area contributed by atoms with Crippen LogP contribution in [-0.2, 0) is 4.84 Å². The fourth-order valence-corrected chi connectivity index (χ4v) is 1.35. The van der Waals surface area contributed by atoms with Crippen molar-refractivity contribution in [2.75, 3.05) is 12.6 Å². The molecule has 76 valence electrons. The number of carbonyl (C=O) groups is 2. The lowest BCUT2D eigenvalue weighted by atomic mass is 10.0. The van der Waals surface area contributed by atoms with Crippen LogP contribution in [0, 0.1) is 0 Å². The average Bonchev–Trinajstić information content (AvgIpc) is 2.24. The van der Waals surface area contributed by atoms with Crippen LogP contribution in [0.3, 0.4) is 0 Å². The Balaban J connectivity index is 2.60. The third kappa shape index (κ3) is 1.50. The highest BCUT2D eigenvalue weighted by atomic mass is 16.6. The minimum atomic E-state index is -0.551. The van der Waals surface area contributed by atoms with Crippen LogP contribution < -0.4 is 5.48 Å². The molecule has 1 aliphatic rings. The van der Waals surface area contributed by atoms with Gasteiger partial charge in [0, 0.05) is 0 Å². The maximum atomic E-state index is 11.4. The summed E-state index contributed by atoms with van der Waals surface area (Å²) >= 11 is 0. The van der Waals surface area contributed by atoms with Gasteiger partial charge in [-0.1, -0.05) is 6.07 Å². The van der Waals surface area contributed by atoms with Gasteiger partial charge in [0.25, 0.3) is 11.8 Å². The first-order valence-corrected chi connectivity index (χ1v) is 4.16. The first kappa shape index (κ1) is 9.47. The van der Waals surface area contributed by atoms with E-state index >= 15 is 0 Å². The highest BCUT2D eigenvalue weighted by molar-refractivity contribution is 6.13. The molecule has 0 saturated carbocycles. The number of benzene rings is 1. The Morgan fingerprint density at radius 2 is 1.93 bits per heavy atom. The van der Waals surface area contributed by atoms with Crippen molar-refractivity contribution in [1.82, 2.24) is 0 Å². The molecule has 0 radical (unpaired) electrons. The second-order valence-electron chi connectivity index (χ2n) is 2.84. The Morgan fingerprint density at radius 3 is 2.67 bits per heavy atom. The topological polar surface area (TPSA) is 80.1 Å². The van der Waals surface area contributed by atoms with Crippen LogP contribution in [0.4, 0.5) is 5.69 Å². The smallest absolute Gasteiger partial charge is 0.279 e. The van der Waals surface area contributed by atoms with E-state index in [0.29, 0.717) is 5.69 Å². The maximum Gasteiger partial charge on any atom is 0.298 e. The molecule has 0 aromatic heterocycles. The molecule has 0 bridgehead atoms. The number of nitrogens with zero attached hydrogens (tertiary/aromatic N) is 2. The third-order valence-corrected chi connectivity index (χ3v) is 1.95. The zero-order valence-electron chi connectivity index (χ0n) is 7.85. The van der Waals surface area contributed by atoms with Crippen molar-refractivity contribution in [3.8, 4) is 0 Å². The lowest BCUT2D eigenvalue weighted by Crippen LogP contribution is -2.14. The van der Waals surface area contributed by atoms with Gasteiger partial charge in [-0.2, -0.15) is 0 Å². The number of fused-ring (bicyclic) bond motifs is 1. The van der Waals surface area contributed by atoms with Crippen molar-refractivity contribution in [2.45, 2.75) is 0 Å². The molecule has 1 heterocycles. The van der Waals surface area contributed by atoms with E-state index in [-0.39, 0.29) is 11.1 Å². The number of rotatable bonds is 2. The molecule has 0 aliphatic carbocycles. The van der Waals surface area contributed by atoms with Crippen LogP contribution in [-0.4, -0.2) is 18.9 Å². The molecule has 0 fully saturated rings. The van der Waals surface area contributed by atoms with E-state index in [4.69, 9.17) is 4.84 Å². The van der Waals surface area contributed by atoms with E-state index in [0.717, 1.165) is 0 Å². The Hall–Kier alpha value is -2.08. The number of nitrogens with one attached hydrogen (secondary N) is 1. The fourth-order valence-electron chi connectivity index (χ4n) is 1.35. The highest BCUT2D eigenvalue weighted by Gasteiger charge is 2.24. The third-order valence-electron chi connectivity index (χ3n) is 1.95. The van der Waals surface area contributed by atoms with Crippen LogP contribution in [0.5, 0.6) is 0 Å². The van der Waals surface area contributed by atoms with Gasteiger partial charge in [0.1, 0.15) is 0 Å². The van der Waals surface area contributed by atoms with Crippen LogP contribution in [0.15, 0.2) is 28.4 Å². The van der Waals surface area contributed by atoms with Crippen LogP contribution in [0.25, 0.3) is 0 Å². The maximum absolute atomic E-state index is 11.4. The van der Waals surface area contributed by atoms with Crippen molar-refractivity contribution >= 4 is 17.5 Å². The molecule has 0 atom stereocenters. The molecule has 1 aromatic rings. The Labute approximate surface area is 84.9 Å². The predicted octanol–water partition coefficient (Wildman–Crippen LogP) is 1.41. The minimum Gasteiger partial charge on any atom is -0.279 e. The lowest BCUT2D eigenvalue weighted by molar-refractivity contribution is 0.0920. The Kier molecular flexibility index (Phi) is 2.26. The van der Waals surface area contributed by atoms with Gasteiger partial charge in [0.05, 0.1) is 23.9 Å². The number of carbonyl (C=O) groups excluding carboxylic acids is 2. The molecule has 6 nitrogen and oxygen atoms in total. The molecular weight excluding hydrogens is 198 g/mol. The molecule has 2 amide bonds. The standard InChI is InChI=1S/C9H7N3O3/c1-15-12-6-4-2-3-5-7(6)9(14)11-10-8(5)13/h2-4,12H,1H3. The van der Waals surface area contributed by atoms with Gasteiger partial charge in [-0.05, 0) is 12.1 Å². The normalized spacial score (nSPS) is 13.9.